The molecule has 0 fully saturated rings. The van der Waals surface area contributed by atoms with Crippen LogP contribution >= 0.6 is 0 Å². The van der Waals surface area contributed by atoms with Crippen molar-refractivity contribution < 1.29 is 4.39 Å². The molecule has 2 aromatic rings. The quantitative estimate of drug-likeness (QED) is 0.623. The Balaban J connectivity index is 1.87. The van der Waals surface area contributed by atoms with Crippen LogP contribution < -0.4 is 10.6 Å². The molecule has 118 valence electrons. The van der Waals surface area contributed by atoms with E-state index in [1.165, 1.54) is 6.07 Å². The molecule has 1 aromatic heterocycles. The van der Waals surface area contributed by atoms with Gasteiger partial charge in [-0.15, -0.1) is 10.2 Å². The summed E-state index contributed by atoms with van der Waals surface area (Å²) < 4.78 is 15.0. The Bertz CT molecular complexity index is 622. The van der Waals surface area contributed by atoms with E-state index in [0.29, 0.717) is 19.0 Å². The first-order valence-corrected chi connectivity index (χ1v) is 7.28. The molecule has 7 heteroatoms. The lowest BCUT2D eigenvalue weighted by atomic mass is 10.1. The zero-order valence-corrected chi connectivity index (χ0v) is 12.9. The SMILES string of the molecule is CCNC(=NCc1nncn1C)NCCc1cccc(F)c1. The molecule has 0 unspecified atom stereocenters. The number of aromatic nitrogens is 3. The Hall–Kier alpha value is -2.44. The summed E-state index contributed by atoms with van der Waals surface area (Å²) in [6, 6.07) is 6.63. The van der Waals surface area contributed by atoms with Crippen LogP contribution in [0.25, 0.3) is 0 Å². The molecule has 2 N–H and O–H groups in total. The maximum absolute atomic E-state index is 13.1. The van der Waals surface area contributed by atoms with Crippen LogP contribution in [0.15, 0.2) is 35.6 Å². The number of aryl methyl sites for hydroxylation is 1. The maximum Gasteiger partial charge on any atom is 0.191 e. The Morgan fingerprint density at radius 2 is 2.23 bits per heavy atom. The molecular weight excluding hydrogens is 283 g/mol. The molecule has 0 bridgehead atoms. The van der Waals surface area contributed by atoms with Crippen LogP contribution in [-0.4, -0.2) is 33.8 Å². The van der Waals surface area contributed by atoms with Gasteiger partial charge in [-0.25, -0.2) is 9.38 Å². The van der Waals surface area contributed by atoms with Crippen LogP contribution in [0.5, 0.6) is 0 Å². The van der Waals surface area contributed by atoms with Gasteiger partial charge in [-0.2, -0.15) is 0 Å². The first-order valence-electron chi connectivity index (χ1n) is 7.28. The Kier molecular flexibility index (Phi) is 5.88. The van der Waals surface area contributed by atoms with Crippen LogP contribution in [0.3, 0.4) is 0 Å². The van der Waals surface area contributed by atoms with Crippen molar-refractivity contribution in [2.24, 2.45) is 12.0 Å². The van der Waals surface area contributed by atoms with Gasteiger partial charge in [0.05, 0.1) is 0 Å². The van der Waals surface area contributed by atoms with E-state index >= 15 is 0 Å². The predicted molar refractivity (Wildman–Crippen MR) is 83.9 cm³/mol. The first kappa shape index (κ1) is 15.9. The second kappa shape index (κ2) is 8.11. The summed E-state index contributed by atoms with van der Waals surface area (Å²) in [5.41, 5.74) is 0.955. The highest BCUT2D eigenvalue weighted by molar-refractivity contribution is 5.79. The smallest absolute Gasteiger partial charge is 0.191 e. The van der Waals surface area contributed by atoms with Crippen molar-refractivity contribution in [3.8, 4) is 0 Å². The van der Waals surface area contributed by atoms with Crippen molar-refractivity contribution in [2.75, 3.05) is 13.1 Å². The van der Waals surface area contributed by atoms with E-state index in [9.17, 15) is 4.39 Å². The van der Waals surface area contributed by atoms with Crippen molar-refractivity contribution in [3.63, 3.8) is 0 Å². The molecule has 2 rings (SSSR count). The minimum atomic E-state index is -0.208. The molecule has 0 aliphatic heterocycles. The monoisotopic (exact) mass is 304 g/mol. The largest absolute Gasteiger partial charge is 0.357 e. The number of benzene rings is 1. The van der Waals surface area contributed by atoms with Crippen LogP contribution in [-0.2, 0) is 20.0 Å². The highest BCUT2D eigenvalue weighted by Crippen LogP contribution is 2.03. The van der Waals surface area contributed by atoms with E-state index in [1.807, 2.05) is 24.6 Å². The van der Waals surface area contributed by atoms with Crippen LogP contribution in [0.1, 0.15) is 18.3 Å². The summed E-state index contributed by atoms with van der Waals surface area (Å²) in [6.07, 6.45) is 2.38. The average Bonchev–Trinajstić information content (AvgIpc) is 2.90. The number of hydrogen-bond donors (Lipinski definition) is 2. The van der Waals surface area contributed by atoms with Gasteiger partial charge < -0.3 is 15.2 Å². The molecule has 0 saturated heterocycles. The van der Waals surface area contributed by atoms with E-state index in [4.69, 9.17) is 0 Å². The highest BCUT2D eigenvalue weighted by Gasteiger charge is 2.02. The fourth-order valence-corrected chi connectivity index (χ4v) is 1.96. The third kappa shape index (κ3) is 4.83. The molecule has 1 heterocycles. The molecule has 22 heavy (non-hydrogen) atoms. The maximum atomic E-state index is 13.1. The Labute approximate surface area is 129 Å². The fraction of sp³-hybridized carbons (Fsp3) is 0.400. The molecular formula is C15H21FN6. The molecule has 0 saturated carbocycles. The van der Waals surface area contributed by atoms with Gasteiger partial charge in [0.25, 0.3) is 0 Å². The molecule has 0 atom stereocenters. The topological polar surface area (TPSA) is 67.1 Å². The van der Waals surface area contributed by atoms with Crippen LogP contribution in [0, 0.1) is 5.82 Å². The molecule has 0 amide bonds. The normalized spacial score (nSPS) is 11.5. The summed E-state index contributed by atoms with van der Waals surface area (Å²) in [6.45, 7) is 3.90. The number of halogens is 1. The average molecular weight is 304 g/mol. The number of hydrogen-bond acceptors (Lipinski definition) is 3. The zero-order chi connectivity index (χ0) is 15.8. The number of rotatable bonds is 6. The van der Waals surface area contributed by atoms with E-state index in [1.54, 1.807) is 18.5 Å². The van der Waals surface area contributed by atoms with Crippen molar-refractivity contribution in [1.29, 1.82) is 0 Å². The minimum absolute atomic E-state index is 0.208. The standard InChI is InChI=1S/C15H21FN6/c1-3-17-15(19-10-14-21-20-11-22(14)2)18-8-7-12-5-4-6-13(16)9-12/h4-6,9,11H,3,7-8,10H2,1-2H3,(H2,17,18,19). The van der Waals surface area contributed by atoms with E-state index in [-0.39, 0.29) is 5.82 Å². The van der Waals surface area contributed by atoms with Gasteiger partial charge in [-0.1, -0.05) is 12.1 Å². The van der Waals surface area contributed by atoms with Gasteiger partial charge in [0.15, 0.2) is 11.8 Å². The third-order valence-corrected chi connectivity index (χ3v) is 3.12. The second-order valence-corrected chi connectivity index (χ2v) is 4.86. The van der Waals surface area contributed by atoms with Gasteiger partial charge in [-0.05, 0) is 31.0 Å². The van der Waals surface area contributed by atoms with Crippen LogP contribution in [0.4, 0.5) is 4.39 Å². The van der Waals surface area contributed by atoms with E-state index in [0.717, 1.165) is 24.4 Å². The second-order valence-electron chi connectivity index (χ2n) is 4.86. The lowest BCUT2D eigenvalue weighted by molar-refractivity contribution is 0.625. The number of nitrogens with one attached hydrogen (secondary N) is 2. The van der Waals surface area contributed by atoms with Crippen molar-refractivity contribution >= 4 is 5.96 Å². The van der Waals surface area contributed by atoms with Gasteiger partial charge in [-0.3, -0.25) is 0 Å². The Morgan fingerprint density at radius 3 is 2.91 bits per heavy atom. The van der Waals surface area contributed by atoms with E-state index < -0.39 is 0 Å². The molecule has 0 aliphatic carbocycles. The number of nitrogens with zero attached hydrogens (tertiary/aromatic N) is 4. The van der Waals surface area contributed by atoms with Gasteiger partial charge in [0, 0.05) is 20.1 Å². The zero-order valence-electron chi connectivity index (χ0n) is 12.9. The molecule has 0 aliphatic rings. The number of guanidine groups is 1. The molecule has 1 aromatic carbocycles. The summed E-state index contributed by atoms with van der Waals surface area (Å²) in [5, 5.41) is 14.2. The number of aliphatic imine (C=N–C) groups is 1. The summed E-state index contributed by atoms with van der Waals surface area (Å²) in [4.78, 5) is 4.46. The lowest BCUT2D eigenvalue weighted by Gasteiger charge is -2.11. The molecule has 0 spiro atoms. The van der Waals surface area contributed by atoms with Crippen molar-refractivity contribution in [1.82, 2.24) is 25.4 Å². The third-order valence-electron chi connectivity index (χ3n) is 3.12. The first-order chi connectivity index (χ1) is 10.7. The Morgan fingerprint density at radius 1 is 1.36 bits per heavy atom. The van der Waals surface area contributed by atoms with Gasteiger partial charge >= 0.3 is 0 Å². The minimum Gasteiger partial charge on any atom is -0.357 e. The predicted octanol–water partition coefficient (Wildman–Crippen LogP) is 1.25. The van der Waals surface area contributed by atoms with Crippen LogP contribution in [0.2, 0.25) is 0 Å². The van der Waals surface area contributed by atoms with Crippen molar-refractivity contribution in [3.05, 3.63) is 47.8 Å². The highest BCUT2D eigenvalue weighted by atomic mass is 19.1. The van der Waals surface area contributed by atoms with Gasteiger partial charge in [0.2, 0.25) is 0 Å². The lowest BCUT2D eigenvalue weighted by Crippen LogP contribution is -2.38. The van der Waals surface area contributed by atoms with Crippen molar-refractivity contribution in [2.45, 2.75) is 19.9 Å². The molecule has 0 radical (unpaired) electrons. The summed E-state index contributed by atoms with van der Waals surface area (Å²) >= 11 is 0. The molecule has 6 nitrogen and oxygen atoms in total. The summed E-state index contributed by atoms with van der Waals surface area (Å²) in [7, 11) is 1.88. The van der Waals surface area contributed by atoms with E-state index in [2.05, 4.69) is 25.8 Å². The fourth-order valence-electron chi connectivity index (χ4n) is 1.96. The summed E-state index contributed by atoms with van der Waals surface area (Å²) in [5.74, 6) is 1.30. The van der Waals surface area contributed by atoms with Gasteiger partial charge in [0.1, 0.15) is 18.7 Å².